The number of rotatable bonds is 6. The molecule has 24 heavy (non-hydrogen) atoms. The number of nitrogens with zero attached hydrogens (tertiary/aromatic N) is 2. The van der Waals surface area contributed by atoms with Crippen molar-refractivity contribution in [3.63, 3.8) is 0 Å². The fourth-order valence-corrected chi connectivity index (χ4v) is 3.90. The van der Waals surface area contributed by atoms with Gasteiger partial charge in [-0.2, -0.15) is 0 Å². The maximum Gasteiger partial charge on any atom is 0.235 e. The molecule has 0 aliphatic rings. The number of nitrogens with two attached hydrogens (primary N) is 1. The number of nitrogens with one attached hydrogen (secondary N) is 1. The largest absolute Gasteiger partial charge is 0.368 e. The second-order valence-corrected chi connectivity index (χ2v) is 7.15. The average Bonchev–Trinajstić information content (AvgIpc) is 3.02. The van der Waals surface area contributed by atoms with Gasteiger partial charge in [-0.1, -0.05) is 53.4 Å². The van der Waals surface area contributed by atoms with Crippen molar-refractivity contribution in [1.82, 2.24) is 10.2 Å². The van der Waals surface area contributed by atoms with Gasteiger partial charge in [-0.05, 0) is 29.8 Å². The van der Waals surface area contributed by atoms with Gasteiger partial charge in [0.05, 0.1) is 0 Å². The van der Waals surface area contributed by atoms with Crippen LogP contribution in [0.4, 0.5) is 15.2 Å². The van der Waals surface area contributed by atoms with E-state index < -0.39 is 11.2 Å². The summed E-state index contributed by atoms with van der Waals surface area (Å²) < 4.78 is 13.5. The van der Waals surface area contributed by atoms with Crippen LogP contribution in [0, 0.1) is 5.82 Å². The van der Waals surface area contributed by atoms with E-state index in [0.29, 0.717) is 15.2 Å². The van der Waals surface area contributed by atoms with Crippen molar-refractivity contribution in [1.29, 1.82) is 0 Å². The Morgan fingerprint density at radius 1 is 1.12 bits per heavy atom. The lowest BCUT2D eigenvalue weighted by atomic mass is 10.1. The fourth-order valence-electron chi connectivity index (χ4n) is 1.98. The molecule has 1 heterocycles. The average molecular weight is 360 g/mol. The molecule has 0 saturated heterocycles. The number of anilines is 2. The Labute approximate surface area is 146 Å². The summed E-state index contributed by atoms with van der Waals surface area (Å²) in [5.41, 5.74) is 7.03. The van der Waals surface area contributed by atoms with E-state index in [4.69, 9.17) is 5.73 Å². The van der Waals surface area contributed by atoms with Gasteiger partial charge in [-0.3, -0.25) is 4.79 Å². The molecule has 3 N–H and O–H groups in total. The van der Waals surface area contributed by atoms with Crippen LogP contribution in [0.1, 0.15) is 10.8 Å². The summed E-state index contributed by atoms with van der Waals surface area (Å²) in [6, 6.07) is 15.2. The lowest BCUT2D eigenvalue weighted by Crippen LogP contribution is -2.18. The number of hydrogen-bond donors (Lipinski definition) is 2. The zero-order valence-electron chi connectivity index (χ0n) is 12.3. The lowest BCUT2D eigenvalue weighted by molar-refractivity contribution is -0.117. The third-order valence-electron chi connectivity index (χ3n) is 3.08. The van der Waals surface area contributed by atoms with Crippen LogP contribution in [0.2, 0.25) is 0 Å². The van der Waals surface area contributed by atoms with Crippen molar-refractivity contribution in [2.24, 2.45) is 5.73 Å². The SMILES string of the molecule is NC(=O)C(Sc1nnc(Nc2ccc(F)cc2)s1)c1ccccc1. The van der Waals surface area contributed by atoms with E-state index in [2.05, 4.69) is 15.5 Å². The fraction of sp³-hybridized carbons (Fsp3) is 0.0625. The Kier molecular flexibility index (Phi) is 5.07. The molecule has 0 aliphatic heterocycles. The Bertz CT molecular complexity index is 824. The number of hydrogen-bond acceptors (Lipinski definition) is 6. The van der Waals surface area contributed by atoms with Crippen molar-refractivity contribution in [3.05, 3.63) is 66.0 Å². The van der Waals surface area contributed by atoms with Crippen LogP contribution >= 0.6 is 23.1 Å². The number of primary amides is 1. The number of aromatic nitrogens is 2. The molecule has 0 spiro atoms. The highest BCUT2D eigenvalue weighted by molar-refractivity contribution is 8.01. The minimum Gasteiger partial charge on any atom is -0.368 e. The second-order valence-electron chi connectivity index (χ2n) is 4.82. The number of amides is 1. The first-order chi connectivity index (χ1) is 11.6. The third kappa shape index (κ3) is 4.09. The molecule has 122 valence electrons. The molecule has 1 amide bonds. The highest BCUT2D eigenvalue weighted by Gasteiger charge is 2.21. The summed E-state index contributed by atoms with van der Waals surface area (Å²) >= 11 is 2.55. The van der Waals surface area contributed by atoms with Crippen LogP contribution in [0.15, 0.2) is 58.9 Å². The summed E-state index contributed by atoms with van der Waals surface area (Å²) in [7, 11) is 0. The Hall–Kier alpha value is -2.45. The molecule has 0 saturated carbocycles. The number of halogens is 1. The van der Waals surface area contributed by atoms with Crippen LogP contribution in [-0.4, -0.2) is 16.1 Å². The first-order valence-corrected chi connectivity index (χ1v) is 8.68. The Morgan fingerprint density at radius 2 is 1.83 bits per heavy atom. The van der Waals surface area contributed by atoms with Crippen LogP contribution in [0.25, 0.3) is 0 Å². The molecule has 0 bridgehead atoms. The second kappa shape index (κ2) is 7.41. The van der Waals surface area contributed by atoms with E-state index in [1.807, 2.05) is 30.3 Å². The summed E-state index contributed by atoms with van der Waals surface area (Å²) in [6.07, 6.45) is 0. The van der Waals surface area contributed by atoms with Crippen LogP contribution in [0.5, 0.6) is 0 Å². The van der Waals surface area contributed by atoms with Crippen LogP contribution in [0.3, 0.4) is 0 Å². The van der Waals surface area contributed by atoms with Gasteiger partial charge in [0.1, 0.15) is 11.1 Å². The molecule has 5 nitrogen and oxygen atoms in total. The zero-order chi connectivity index (χ0) is 16.9. The minimum absolute atomic E-state index is 0.304. The molecule has 0 fully saturated rings. The predicted molar refractivity (Wildman–Crippen MR) is 93.8 cm³/mol. The molecule has 3 rings (SSSR count). The zero-order valence-corrected chi connectivity index (χ0v) is 14.0. The number of carbonyl (C=O) groups excluding carboxylic acids is 1. The van der Waals surface area contributed by atoms with E-state index in [1.54, 1.807) is 12.1 Å². The molecular weight excluding hydrogens is 347 g/mol. The molecule has 3 aromatic rings. The van der Waals surface area contributed by atoms with Crippen molar-refractivity contribution in [2.45, 2.75) is 9.59 Å². The third-order valence-corrected chi connectivity index (χ3v) is 5.28. The van der Waals surface area contributed by atoms with E-state index in [0.717, 1.165) is 5.56 Å². The van der Waals surface area contributed by atoms with Gasteiger partial charge in [0, 0.05) is 5.69 Å². The molecule has 8 heteroatoms. The quantitative estimate of drug-likeness (QED) is 0.655. The first kappa shape index (κ1) is 16.4. The smallest absolute Gasteiger partial charge is 0.235 e. The number of thioether (sulfide) groups is 1. The highest BCUT2D eigenvalue weighted by Crippen LogP contribution is 2.38. The first-order valence-electron chi connectivity index (χ1n) is 6.99. The molecule has 1 unspecified atom stereocenters. The molecular formula is C16H13FN4OS2. The summed E-state index contributed by atoms with van der Waals surface area (Å²) in [5, 5.41) is 11.2. The van der Waals surface area contributed by atoms with Gasteiger partial charge in [-0.15, -0.1) is 10.2 Å². The molecule has 0 radical (unpaired) electrons. The maximum atomic E-state index is 12.9. The van der Waals surface area contributed by atoms with E-state index in [9.17, 15) is 9.18 Å². The molecule has 0 aliphatic carbocycles. The van der Waals surface area contributed by atoms with E-state index >= 15 is 0 Å². The van der Waals surface area contributed by atoms with Gasteiger partial charge < -0.3 is 11.1 Å². The van der Waals surface area contributed by atoms with E-state index in [-0.39, 0.29) is 5.82 Å². The Balaban J connectivity index is 1.72. The van der Waals surface area contributed by atoms with Crippen molar-refractivity contribution in [2.75, 3.05) is 5.32 Å². The number of carbonyl (C=O) groups is 1. The van der Waals surface area contributed by atoms with Gasteiger partial charge >= 0.3 is 0 Å². The standard InChI is InChI=1S/C16H13FN4OS2/c17-11-6-8-12(9-7-11)19-15-20-21-16(24-15)23-13(14(18)22)10-4-2-1-3-5-10/h1-9,13H,(H2,18,22)(H,19,20). The van der Waals surface area contributed by atoms with Gasteiger partial charge in [-0.25, -0.2) is 4.39 Å². The normalized spacial score (nSPS) is 11.9. The summed E-state index contributed by atoms with van der Waals surface area (Å²) in [6.45, 7) is 0. The summed E-state index contributed by atoms with van der Waals surface area (Å²) in [4.78, 5) is 11.7. The topological polar surface area (TPSA) is 80.9 Å². The van der Waals surface area contributed by atoms with Gasteiger partial charge in [0.25, 0.3) is 0 Å². The molecule has 1 atom stereocenters. The van der Waals surface area contributed by atoms with Crippen molar-refractivity contribution in [3.8, 4) is 0 Å². The lowest BCUT2D eigenvalue weighted by Gasteiger charge is -2.10. The summed E-state index contributed by atoms with van der Waals surface area (Å²) in [5.74, 6) is -0.740. The number of benzene rings is 2. The van der Waals surface area contributed by atoms with E-state index in [1.165, 1.54) is 35.2 Å². The predicted octanol–water partition coefficient (Wildman–Crippen LogP) is 3.74. The van der Waals surface area contributed by atoms with Gasteiger partial charge in [0.15, 0.2) is 4.34 Å². The van der Waals surface area contributed by atoms with Crippen LogP contribution < -0.4 is 11.1 Å². The van der Waals surface area contributed by atoms with Crippen LogP contribution in [-0.2, 0) is 4.79 Å². The van der Waals surface area contributed by atoms with Gasteiger partial charge in [0.2, 0.25) is 11.0 Å². The maximum absolute atomic E-state index is 12.9. The molecule has 2 aromatic carbocycles. The monoisotopic (exact) mass is 360 g/mol. The van der Waals surface area contributed by atoms with Crippen molar-refractivity contribution < 1.29 is 9.18 Å². The molecule has 1 aromatic heterocycles. The minimum atomic E-state index is -0.530. The Morgan fingerprint density at radius 3 is 2.50 bits per heavy atom. The van der Waals surface area contributed by atoms with Crippen molar-refractivity contribution >= 4 is 39.8 Å². The highest BCUT2D eigenvalue weighted by atomic mass is 32.2.